The molecule has 3 heteroatoms. The molecule has 1 radical (unpaired) electrons. The van der Waals surface area contributed by atoms with Crippen molar-refractivity contribution in [1.82, 2.24) is 4.90 Å². The van der Waals surface area contributed by atoms with Gasteiger partial charge in [0.25, 0.3) is 0 Å². The summed E-state index contributed by atoms with van der Waals surface area (Å²) >= 11 is 1.86. The summed E-state index contributed by atoms with van der Waals surface area (Å²) in [5.74, 6) is 2.02. The Labute approximate surface area is 97.0 Å². The molecule has 15 heavy (non-hydrogen) atoms. The third kappa shape index (κ3) is 4.31. The van der Waals surface area contributed by atoms with E-state index in [-0.39, 0.29) is 0 Å². The van der Waals surface area contributed by atoms with Gasteiger partial charge in [0.2, 0.25) is 0 Å². The molecule has 0 saturated heterocycles. The fourth-order valence-electron chi connectivity index (χ4n) is 1.42. The summed E-state index contributed by atoms with van der Waals surface area (Å²) in [4.78, 5) is 2.11. The molecule has 0 fully saturated rings. The van der Waals surface area contributed by atoms with Crippen molar-refractivity contribution in [1.29, 1.82) is 0 Å². The minimum Gasteiger partial charge on any atom is -0.464 e. The molecule has 1 aromatic heterocycles. The van der Waals surface area contributed by atoms with Gasteiger partial charge in [-0.15, -0.1) is 0 Å². The average molecular weight is 226 g/mol. The maximum atomic E-state index is 5.72. The van der Waals surface area contributed by atoms with Crippen LogP contribution < -0.4 is 0 Å². The number of furan rings is 1. The van der Waals surface area contributed by atoms with E-state index in [0.717, 1.165) is 24.5 Å². The normalized spacial score (nSPS) is 13.4. The van der Waals surface area contributed by atoms with E-state index in [1.807, 2.05) is 25.9 Å². The first kappa shape index (κ1) is 12.7. The van der Waals surface area contributed by atoms with Crippen molar-refractivity contribution in [2.45, 2.75) is 25.1 Å². The fourth-order valence-corrected chi connectivity index (χ4v) is 2.02. The molecule has 1 aromatic rings. The molecule has 0 aliphatic heterocycles. The van der Waals surface area contributed by atoms with Gasteiger partial charge in [-0.3, -0.25) is 0 Å². The largest absolute Gasteiger partial charge is 0.464 e. The van der Waals surface area contributed by atoms with Crippen LogP contribution in [0.3, 0.4) is 0 Å². The van der Waals surface area contributed by atoms with Crippen LogP contribution in [-0.4, -0.2) is 30.5 Å². The predicted molar refractivity (Wildman–Crippen MR) is 67.1 cm³/mol. The summed E-state index contributed by atoms with van der Waals surface area (Å²) in [5.41, 5.74) is 0. The monoisotopic (exact) mass is 226 g/mol. The third-order valence-electron chi connectivity index (χ3n) is 2.21. The second-order valence-electron chi connectivity index (χ2n) is 3.89. The van der Waals surface area contributed by atoms with Crippen LogP contribution in [0, 0.1) is 6.42 Å². The smallest absolute Gasteiger partial charge is 0.118 e. The Hall–Kier alpha value is -0.410. The van der Waals surface area contributed by atoms with Crippen molar-refractivity contribution in [3.8, 4) is 0 Å². The van der Waals surface area contributed by atoms with Gasteiger partial charge in [-0.2, -0.15) is 11.8 Å². The minimum absolute atomic E-state index is 0.559. The van der Waals surface area contributed by atoms with Gasteiger partial charge in [0.15, 0.2) is 0 Å². The van der Waals surface area contributed by atoms with Crippen LogP contribution in [0.25, 0.3) is 0 Å². The van der Waals surface area contributed by atoms with Gasteiger partial charge in [-0.1, -0.05) is 6.92 Å². The summed E-state index contributed by atoms with van der Waals surface area (Å²) in [7, 11) is 4.09. The van der Waals surface area contributed by atoms with E-state index in [1.54, 1.807) is 0 Å². The lowest BCUT2D eigenvalue weighted by atomic mass is 10.2. The highest BCUT2D eigenvalue weighted by Crippen LogP contribution is 2.20. The maximum Gasteiger partial charge on any atom is 0.118 e. The summed E-state index contributed by atoms with van der Waals surface area (Å²) in [5, 5.41) is 0.559. The van der Waals surface area contributed by atoms with Crippen LogP contribution in [0.1, 0.15) is 24.9 Å². The molecular formula is C12H20NOS. The Morgan fingerprint density at radius 1 is 1.47 bits per heavy atom. The Morgan fingerprint density at radius 2 is 2.20 bits per heavy atom. The second kappa shape index (κ2) is 6.23. The number of nitrogens with zero attached hydrogens (tertiary/aromatic N) is 1. The summed E-state index contributed by atoms with van der Waals surface area (Å²) in [6, 6.07) is 4.11. The van der Waals surface area contributed by atoms with E-state index in [0.29, 0.717) is 5.25 Å². The molecule has 2 nitrogen and oxygen atoms in total. The topological polar surface area (TPSA) is 16.4 Å². The summed E-state index contributed by atoms with van der Waals surface area (Å²) in [6.45, 7) is 3.06. The van der Waals surface area contributed by atoms with Crippen LogP contribution in [0.5, 0.6) is 0 Å². The highest BCUT2D eigenvalue weighted by Gasteiger charge is 2.09. The van der Waals surface area contributed by atoms with Crippen molar-refractivity contribution in [3.63, 3.8) is 0 Å². The molecule has 1 heterocycles. The molecule has 1 unspecified atom stereocenters. The molecule has 0 aromatic carbocycles. The van der Waals surface area contributed by atoms with Crippen molar-refractivity contribution in [2.75, 3.05) is 20.4 Å². The van der Waals surface area contributed by atoms with Gasteiger partial charge in [0.05, 0.1) is 6.54 Å². The molecule has 0 bridgehead atoms. The van der Waals surface area contributed by atoms with Crippen molar-refractivity contribution >= 4 is 11.8 Å². The molecular weight excluding hydrogens is 206 g/mol. The van der Waals surface area contributed by atoms with Gasteiger partial charge >= 0.3 is 0 Å². The van der Waals surface area contributed by atoms with Crippen LogP contribution >= 0.6 is 11.8 Å². The Balaban J connectivity index is 2.52. The van der Waals surface area contributed by atoms with Crippen LogP contribution in [0.4, 0.5) is 0 Å². The average Bonchev–Trinajstić information content (AvgIpc) is 2.61. The number of hydrogen-bond donors (Lipinski definition) is 0. The van der Waals surface area contributed by atoms with E-state index in [1.165, 1.54) is 0 Å². The molecule has 1 atom stereocenters. The van der Waals surface area contributed by atoms with Gasteiger partial charge in [-0.05, 0) is 38.9 Å². The lowest BCUT2D eigenvalue weighted by Crippen LogP contribution is -2.09. The lowest BCUT2D eigenvalue weighted by Gasteiger charge is -2.09. The molecule has 0 spiro atoms. The molecule has 0 aliphatic carbocycles. The maximum absolute atomic E-state index is 5.72. The minimum atomic E-state index is 0.559. The first-order valence-electron chi connectivity index (χ1n) is 5.26. The van der Waals surface area contributed by atoms with E-state index in [9.17, 15) is 0 Å². The van der Waals surface area contributed by atoms with E-state index in [4.69, 9.17) is 4.42 Å². The number of thioether (sulfide) groups is 1. The second-order valence-corrected chi connectivity index (χ2v) is 4.97. The van der Waals surface area contributed by atoms with Gasteiger partial charge in [0, 0.05) is 11.7 Å². The van der Waals surface area contributed by atoms with Crippen LogP contribution in [0.2, 0.25) is 0 Å². The van der Waals surface area contributed by atoms with E-state index >= 15 is 0 Å². The van der Waals surface area contributed by atoms with Crippen molar-refractivity contribution in [3.05, 3.63) is 30.1 Å². The Morgan fingerprint density at radius 3 is 2.73 bits per heavy atom. The van der Waals surface area contributed by atoms with E-state index < -0.39 is 0 Å². The molecule has 0 aliphatic rings. The fraction of sp³-hybridized carbons (Fsp3) is 0.583. The van der Waals surface area contributed by atoms with Crippen LogP contribution in [-0.2, 0) is 6.54 Å². The summed E-state index contributed by atoms with van der Waals surface area (Å²) in [6.07, 6.45) is 5.48. The highest BCUT2D eigenvalue weighted by atomic mass is 32.2. The molecule has 85 valence electrons. The Kier molecular flexibility index (Phi) is 5.26. The first-order valence-corrected chi connectivity index (χ1v) is 6.55. The van der Waals surface area contributed by atoms with Crippen LogP contribution in [0.15, 0.2) is 16.5 Å². The third-order valence-corrected chi connectivity index (χ3v) is 3.28. The van der Waals surface area contributed by atoms with Gasteiger partial charge in [-0.25, -0.2) is 0 Å². The van der Waals surface area contributed by atoms with Gasteiger partial charge in [0.1, 0.15) is 11.5 Å². The SMILES string of the molecule is CCC([CH]c1ccc(CN(C)C)o1)SC. The first-order chi connectivity index (χ1) is 7.15. The quantitative estimate of drug-likeness (QED) is 0.742. The number of rotatable bonds is 6. The van der Waals surface area contributed by atoms with Crippen molar-refractivity contribution in [2.24, 2.45) is 0 Å². The molecule has 1 rings (SSSR count). The van der Waals surface area contributed by atoms with E-state index in [2.05, 4.69) is 36.6 Å². The predicted octanol–water partition coefficient (Wildman–Crippen LogP) is 3.04. The zero-order chi connectivity index (χ0) is 11.3. The zero-order valence-electron chi connectivity index (χ0n) is 9.99. The standard InChI is InChI=1S/C12H20NOS/c1-5-12(15-4)8-10-6-7-11(14-10)9-13(2)3/h6-8,12H,5,9H2,1-4H3. The Bertz CT molecular complexity index is 279. The zero-order valence-corrected chi connectivity index (χ0v) is 10.8. The molecule has 0 amide bonds. The number of hydrogen-bond acceptors (Lipinski definition) is 3. The molecule has 0 saturated carbocycles. The summed E-state index contributed by atoms with van der Waals surface area (Å²) < 4.78 is 5.72. The van der Waals surface area contributed by atoms with Gasteiger partial charge < -0.3 is 9.32 Å². The highest BCUT2D eigenvalue weighted by molar-refractivity contribution is 7.99. The lowest BCUT2D eigenvalue weighted by molar-refractivity contribution is 0.346. The molecule has 0 N–H and O–H groups in total. The van der Waals surface area contributed by atoms with Crippen molar-refractivity contribution < 1.29 is 4.42 Å².